The molecular formula is C18H16Cl2N6O2. The Balaban J connectivity index is 1.61. The summed E-state index contributed by atoms with van der Waals surface area (Å²) < 4.78 is 0. The highest BCUT2D eigenvalue weighted by Crippen LogP contribution is 2.22. The molecule has 0 radical (unpaired) electrons. The van der Waals surface area contributed by atoms with E-state index in [1.165, 1.54) is 0 Å². The van der Waals surface area contributed by atoms with Gasteiger partial charge in [-0.2, -0.15) is 4.99 Å². The molecule has 5 N–H and O–H groups in total. The summed E-state index contributed by atoms with van der Waals surface area (Å²) in [6.45, 7) is 0. The van der Waals surface area contributed by atoms with Crippen molar-refractivity contribution in [1.29, 1.82) is 0 Å². The number of rotatable bonds is 4. The van der Waals surface area contributed by atoms with Gasteiger partial charge in [-0.25, -0.2) is 4.99 Å². The van der Waals surface area contributed by atoms with E-state index < -0.39 is 17.9 Å². The van der Waals surface area contributed by atoms with Crippen LogP contribution in [0.25, 0.3) is 0 Å². The van der Waals surface area contributed by atoms with Crippen LogP contribution in [0.15, 0.2) is 58.5 Å². The average Bonchev–Trinajstić information content (AvgIpc) is 2.93. The highest BCUT2D eigenvalue weighted by Gasteiger charge is 2.28. The highest BCUT2D eigenvalue weighted by molar-refractivity contribution is 6.35. The molecule has 28 heavy (non-hydrogen) atoms. The van der Waals surface area contributed by atoms with Gasteiger partial charge in [-0.1, -0.05) is 41.4 Å². The fourth-order valence-corrected chi connectivity index (χ4v) is 2.98. The number of amides is 2. The van der Waals surface area contributed by atoms with Gasteiger partial charge in [0.1, 0.15) is 6.04 Å². The normalized spacial score (nSPS) is 16.4. The first kappa shape index (κ1) is 19.7. The highest BCUT2D eigenvalue weighted by atomic mass is 35.5. The van der Waals surface area contributed by atoms with Gasteiger partial charge in [0.25, 0.3) is 5.91 Å². The van der Waals surface area contributed by atoms with Gasteiger partial charge in [0.2, 0.25) is 17.8 Å². The van der Waals surface area contributed by atoms with Gasteiger partial charge in [0.15, 0.2) is 0 Å². The third-order valence-corrected chi connectivity index (χ3v) is 4.05. The standard InChI is InChI=1S/C18H16Cl2N6O2/c19-10-6-11(20)8-13(7-10)22-15(27)9-14-16(28)25-18(24-14)26-17(21)23-12-4-2-1-3-5-12/h1-8,14H,9H2,(H,22,27)(H4,21,23,24,25,26,28)/t14-/m0/s1. The zero-order valence-corrected chi connectivity index (χ0v) is 16.0. The Morgan fingerprint density at radius 3 is 2.46 bits per heavy atom. The summed E-state index contributed by atoms with van der Waals surface area (Å²) in [6.07, 6.45) is -0.166. The van der Waals surface area contributed by atoms with Crippen molar-refractivity contribution in [2.24, 2.45) is 15.7 Å². The van der Waals surface area contributed by atoms with Crippen molar-refractivity contribution < 1.29 is 9.59 Å². The molecule has 0 fully saturated rings. The maximum Gasteiger partial charge on any atom is 0.252 e. The molecule has 1 aliphatic heterocycles. The molecule has 1 heterocycles. The predicted octanol–water partition coefficient (Wildman–Crippen LogP) is 2.60. The van der Waals surface area contributed by atoms with E-state index in [0.717, 1.165) is 5.69 Å². The first-order chi connectivity index (χ1) is 13.4. The molecule has 0 spiro atoms. The minimum atomic E-state index is -0.905. The van der Waals surface area contributed by atoms with Crippen molar-refractivity contribution >= 4 is 58.3 Å². The minimum absolute atomic E-state index is 0.0366. The lowest BCUT2D eigenvalue weighted by Gasteiger charge is -2.07. The van der Waals surface area contributed by atoms with Crippen molar-refractivity contribution in [1.82, 2.24) is 5.32 Å². The van der Waals surface area contributed by atoms with Crippen molar-refractivity contribution in [3.63, 3.8) is 0 Å². The Labute approximate surface area is 170 Å². The van der Waals surface area contributed by atoms with Crippen LogP contribution in [0.1, 0.15) is 6.42 Å². The van der Waals surface area contributed by atoms with Crippen LogP contribution in [0.2, 0.25) is 10.0 Å². The molecule has 2 aromatic rings. The summed E-state index contributed by atoms with van der Waals surface area (Å²) in [5.74, 6) is -0.758. The molecule has 1 aliphatic rings. The number of para-hydroxylation sites is 1. The smallest absolute Gasteiger partial charge is 0.252 e. The number of nitrogens with one attached hydrogen (secondary N) is 3. The Morgan fingerprint density at radius 1 is 1.11 bits per heavy atom. The second kappa shape index (κ2) is 8.73. The van der Waals surface area contributed by atoms with E-state index >= 15 is 0 Å². The molecule has 1 atom stereocenters. The van der Waals surface area contributed by atoms with Gasteiger partial charge in [-0.3, -0.25) is 14.9 Å². The van der Waals surface area contributed by atoms with Gasteiger partial charge in [0.05, 0.1) is 6.42 Å². The fraction of sp³-hybridized carbons (Fsp3) is 0.111. The van der Waals surface area contributed by atoms with Crippen LogP contribution in [0.4, 0.5) is 11.4 Å². The lowest BCUT2D eigenvalue weighted by atomic mass is 10.2. The third-order valence-electron chi connectivity index (χ3n) is 3.61. The van der Waals surface area contributed by atoms with Crippen LogP contribution in [0.5, 0.6) is 0 Å². The lowest BCUT2D eigenvalue weighted by Crippen LogP contribution is -2.32. The van der Waals surface area contributed by atoms with Crippen molar-refractivity contribution in [3.05, 3.63) is 58.6 Å². The van der Waals surface area contributed by atoms with Crippen LogP contribution in [0.3, 0.4) is 0 Å². The lowest BCUT2D eigenvalue weighted by molar-refractivity contribution is -0.123. The molecule has 0 saturated heterocycles. The van der Waals surface area contributed by atoms with Crippen LogP contribution in [-0.2, 0) is 9.59 Å². The van der Waals surface area contributed by atoms with E-state index in [1.54, 1.807) is 18.2 Å². The number of anilines is 2. The Kier molecular flexibility index (Phi) is 6.13. The average molecular weight is 419 g/mol. The molecule has 0 saturated carbocycles. The summed E-state index contributed by atoms with van der Waals surface area (Å²) in [7, 11) is 0. The SMILES string of the molecule is NC(=NC1=N[C@@H](CC(=O)Nc2cc(Cl)cc(Cl)c2)C(=O)N1)Nc1ccccc1. The molecule has 0 aromatic heterocycles. The summed E-state index contributed by atoms with van der Waals surface area (Å²) in [4.78, 5) is 32.4. The molecule has 3 rings (SSSR count). The van der Waals surface area contributed by atoms with Crippen molar-refractivity contribution in [3.8, 4) is 0 Å². The molecule has 144 valence electrons. The molecule has 2 amide bonds. The molecule has 0 unspecified atom stereocenters. The molecule has 2 aromatic carbocycles. The van der Waals surface area contributed by atoms with Crippen molar-refractivity contribution in [2.75, 3.05) is 10.6 Å². The van der Waals surface area contributed by atoms with Crippen LogP contribution < -0.4 is 21.7 Å². The quantitative estimate of drug-likeness (QED) is 0.450. The van der Waals surface area contributed by atoms with Gasteiger partial charge in [-0.15, -0.1) is 0 Å². The maximum atomic E-state index is 12.2. The Bertz CT molecular complexity index is 942. The number of nitrogens with two attached hydrogens (primary N) is 1. The summed E-state index contributed by atoms with van der Waals surface area (Å²) in [5.41, 5.74) is 6.98. The summed E-state index contributed by atoms with van der Waals surface area (Å²) in [6, 6.07) is 12.9. The fourth-order valence-electron chi connectivity index (χ4n) is 2.45. The molecule has 8 nitrogen and oxygen atoms in total. The van der Waals surface area contributed by atoms with Gasteiger partial charge in [-0.05, 0) is 30.3 Å². The van der Waals surface area contributed by atoms with Gasteiger partial charge in [0, 0.05) is 21.4 Å². The number of carbonyl (C=O) groups is 2. The number of guanidine groups is 2. The number of hydrogen-bond donors (Lipinski definition) is 4. The zero-order chi connectivity index (χ0) is 20.1. The van der Waals surface area contributed by atoms with Gasteiger partial charge >= 0.3 is 0 Å². The van der Waals surface area contributed by atoms with E-state index in [2.05, 4.69) is 25.9 Å². The third kappa shape index (κ3) is 5.45. The number of benzene rings is 2. The predicted molar refractivity (Wildman–Crippen MR) is 111 cm³/mol. The zero-order valence-electron chi connectivity index (χ0n) is 14.4. The van der Waals surface area contributed by atoms with Crippen LogP contribution >= 0.6 is 23.2 Å². The summed E-state index contributed by atoms with van der Waals surface area (Å²) >= 11 is 11.8. The maximum absolute atomic E-state index is 12.2. The second-order valence-corrected chi connectivity index (χ2v) is 6.73. The molecule has 0 aliphatic carbocycles. The molecule has 10 heteroatoms. The summed E-state index contributed by atoms with van der Waals surface area (Å²) in [5, 5.41) is 8.77. The van der Waals surface area contributed by atoms with Crippen molar-refractivity contribution in [2.45, 2.75) is 12.5 Å². The van der Waals surface area contributed by atoms with Gasteiger partial charge < -0.3 is 16.4 Å². The number of carbonyl (C=O) groups excluding carboxylic acids is 2. The number of hydrogen-bond acceptors (Lipinski definition) is 4. The van der Waals surface area contributed by atoms with E-state index in [0.29, 0.717) is 15.7 Å². The number of nitrogens with zero attached hydrogens (tertiary/aromatic N) is 2. The number of halogens is 2. The molecule has 0 bridgehead atoms. The molecular weight excluding hydrogens is 403 g/mol. The Morgan fingerprint density at radius 2 is 1.79 bits per heavy atom. The largest absolute Gasteiger partial charge is 0.369 e. The minimum Gasteiger partial charge on any atom is -0.369 e. The van der Waals surface area contributed by atoms with Crippen LogP contribution in [-0.4, -0.2) is 29.8 Å². The first-order valence-electron chi connectivity index (χ1n) is 8.20. The Hall–Kier alpha value is -3.10. The number of aliphatic imine (C=N–C) groups is 2. The van der Waals surface area contributed by atoms with E-state index in [-0.39, 0.29) is 18.3 Å². The monoisotopic (exact) mass is 418 g/mol. The first-order valence-corrected chi connectivity index (χ1v) is 8.95. The van der Waals surface area contributed by atoms with E-state index in [9.17, 15) is 9.59 Å². The van der Waals surface area contributed by atoms with E-state index in [1.807, 2.05) is 30.3 Å². The topological polar surface area (TPSA) is 121 Å². The second-order valence-electron chi connectivity index (χ2n) is 5.86. The van der Waals surface area contributed by atoms with Crippen LogP contribution in [0, 0.1) is 0 Å². The van der Waals surface area contributed by atoms with E-state index in [4.69, 9.17) is 28.9 Å².